The Morgan fingerprint density at radius 2 is 1.81 bits per heavy atom. The predicted octanol–water partition coefficient (Wildman–Crippen LogP) is 2.30. The normalized spacial score (nSPS) is 13.4. The number of aliphatic hydroxyl groups excluding tert-OH is 1. The highest BCUT2D eigenvalue weighted by Gasteiger charge is 2.41. The molecule has 0 fully saturated rings. The van der Waals surface area contributed by atoms with Crippen LogP contribution < -0.4 is 9.47 Å². The topological polar surface area (TPSA) is 38.7 Å². The zero-order chi connectivity index (χ0) is 12.3. The van der Waals surface area contributed by atoms with Crippen LogP contribution in [0.3, 0.4) is 0 Å². The van der Waals surface area contributed by atoms with Crippen LogP contribution >= 0.6 is 0 Å². The van der Waals surface area contributed by atoms with Gasteiger partial charge in [0.2, 0.25) is 0 Å². The van der Waals surface area contributed by atoms with E-state index in [0.717, 1.165) is 6.07 Å². The van der Waals surface area contributed by atoms with Gasteiger partial charge in [-0.25, -0.2) is 0 Å². The molecule has 6 heteroatoms. The standard InChI is InChI=1S/C10H11F3O3/c1-15-7-5-3-4-6(8(7)16-2)9(14)10(11,12)13/h3-5,9,14H,1-2H3. The van der Waals surface area contributed by atoms with Crippen LogP contribution in [0.2, 0.25) is 0 Å². The summed E-state index contributed by atoms with van der Waals surface area (Å²) in [6.07, 6.45) is -7.32. The summed E-state index contributed by atoms with van der Waals surface area (Å²) in [7, 11) is 2.52. The average Bonchev–Trinajstić information content (AvgIpc) is 2.25. The molecule has 1 aromatic carbocycles. The minimum absolute atomic E-state index is 0.116. The number of aliphatic hydroxyl groups is 1. The number of hydrogen-bond acceptors (Lipinski definition) is 3. The van der Waals surface area contributed by atoms with Gasteiger partial charge in [0, 0.05) is 5.56 Å². The van der Waals surface area contributed by atoms with E-state index in [1.165, 1.54) is 26.4 Å². The lowest BCUT2D eigenvalue weighted by atomic mass is 10.1. The summed E-state index contributed by atoms with van der Waals surface area (Å²) >= 11 is 0. The maximum absolute atomic E-state index is 12.3. The van der Waals surface area contributed by atoms with Crippen LogP contribution in [0.4, 0.5) is 13.2 Å². The lowest BCUT2D eigenvalue weighted by molar-refractivity contribution is -0.207. The van der Waals surface area contributed by atoms with Gasteiger partial charge < -0.3 is 14.6 Å². The van der Waals surface area contributed by atoms with Crippen molar-refractivity contribution in [2.45, 2.75) is 12.3 Å². The number of rotatable bonds is 3. The van der Waals surface area contributed by atoms with E-state index in [-0.39, 0.29) is 17.1 Å². The van der Waals surface area contributed by atoms with Crippen molar-refractivity contribution in [2.24, 2.45) is 0 Å². The van der Waals surface area contributed by atoms with Crippen LogP contribution in [0.25, 0.3) is 0 Å². The highest BCUT2D eigenvalue weighted by atomic mass is 19.4. The van der Waals surface area contributed by atoms with Crippen LogP contribution in [0.15, 0.2) is 18.2 Å². The second-order valence-corrected chi connectivity index (χ2v) is 3.03. The van der Waals surface area contributed by atoms with Gasteiger partial charge in [-0.05, 0) is 6.07 Å². The van der Waals surface area contributed by atoms with E-state index in [9.17, 15) is 13.2 Å². The number of alkyl halides is 3. The SMILES string of the molecule is COc1cccc(C(O)C(F)(F)F)c1OC. The molecule has 0 aliphatic heterocycles. The van der Waals surface area contributed by atoms with Crippen molar-refractivity contribution >= 4 is 0 Å². The molecule has 0 aliphatic rings. The summed E-state index contributed by atoms with van der Waals surface area (Å²) in [4.78, 5) is 0. The number of para-hydroxylation sites is 1. The molecule has 3 nitrogen and oxygen atoms in total. The third-order valence-electron chi connectivity index (χ3n) is 2.04. The van der Waals surface area contributed by atoms with Crippen molar-refractivity contribution in [1.29, 1.82) is 0 Å². The number of halogens is 3. The van der Waals surface area contributed by atoms with Gasteiger partial charge >= 0.3 is 6.18 Å². The van der Waals surface area contributed by atoms with Gasteiger partial charge in [-0.1, -0.05) is 12.1 Å². The quantitative estimate of drug-likeness (QED) is 0.875. The molecule has 16 heavy (non-hydrogen) atoms. The van der Waals surface area contributed by atoms with Crippen LogP contribution in [0.5, 0.6) is 11.5 Å². The first-order valence-corrected chi connectivity index (χ1v) is 4.37. The smallest absolute Gasteiger partial charge is 0.418 e. The summed E-state index contributed by atoms with van der Waals surface area (Å²) in [5.74, 6) is 0.0260. The third kappa shape index (κ3) is 2.38. The zero-order valence-corrected chi connectivity index (χ0v) is 8.71. The Bertz CT molecular complexity index is 363. The Morgan fingerprint density at radius 1 is 1.19 bits per heavy atom. The molecular formula is C10H11F3O3. The van der Waals surface area contributed by atoms with Crippen molar-refractivity contribution in [3.63, 3.8) is 0 Å². The van der Waals surface area contributed by atoms with Gasteiger partial charge in [0.1, 0.15) is 0 Å². The first-order chi connectivity index (χ1) is 7.41. The lowest BCUT2D eigenvalue weighted by Crippen LogP contribution is -2.20. The molecule has 0 aromatic heterocycles. The Labute approximate surface area is 90.4 Å². The van der Waals surface area contributed by atoms with Crippen LogP contribution in [-0.4, -0.2) is 25.5 Å². The maximum Gasteiger partial charge on any atom is 0.418 e. The molecule has 1 N–H and O–H groups in total. The maximum atomic E-state index is 12.3. The van der Waals surface area contributed by atoms with E-state index in [2.05, 4.69) is 0 Å². The molecule has 0 heterocycles. The number of methoxy groups -OCH3 is 2. The summed E-state index contributed by atoms with van der Waals surface area (Å²) < 4.78 is 46.7. The molecule has 1 rings (SSSR count). The predicted molar refractivity (Wildman–Crippen MR) is 50.6 cm³/mol. The van der Waals surface area contributed by atoms with E-state index in [0.29, 0.717) is 0 Å². The fourth-order valence-electron chi connectivity index (χ4n) is 1.30. The first-order valence-electron chi connectivity index (χ1n) is 4.37. The first kappa shape index (κ1) is 12.6. The highest BCUT2D eigenvalue weighted by molar-refractivity contribution is 5.47. The molecule has 1 unspecified atom stereocenters. The van der Waals surface area contributed by atoms with Crippen molar-refractivity contribution in [3.8, 4) is 11.5 Å². The van der Waals surface area contributed by atoms with E-state index in [4.69, 9.17) is 14.6 Å². The Balaban J connectivity index is 3.23. The molecule has 0 bridgehead atoms. The molecule has 0 radical (unpaired) electrons. The monoisotopic (exact) mass is 236 g/mol. The van der Waals surface area contributed by atoms with Gasteiger partial charge in [-0.3, -0.25) is 0 Å². The molecule has 0 aliphatic carbocycles. The molecule has 0 amide bonds. The summed E-state index contributed by atoms with van der Waals surface area (Å²) in [5.41, 5.74) is -0.366. The van der Waals surface area contributed by atoms with E-state index in [1.54, 1.807) is 0 Å². The summed E-state index contributed by atoms with van der Waals surface area (Å²) in [5, 5.41) is 9.13. The number of benzene rings is 1. The van der Waals surface area contributed by atoms with Crippen LogP contribution in [-0.2, 0) is 0 Å². The Morgan fingerprint density at radius 3 is 2.25 bits per heavy atom. The van der Waals surface area contributed by atoms with Gasteiger partial charge in [0.25, 0.3) is 0 Å². The molecule has 0 saturated carbocycles. The van der Waals surface area contributed by atoms with Gasteiger partial charge in [-0.15, -0.1) is 0 Å². The third-order valence-corrected chi connectivity index (χ3v) is 2.04. The zero-order valence-electron chi connectivity index (χ0n) is 8.71. The van der Waals surface area contributed by atoms with Gasteiger partial charge in [0.05, 0.1) is 14.2 Å². The van der Waals surface area contributed by atoms with E-state index >= 15 is 0 Å². The Kier molecular flexibility index (Phi) is 3.64. The highest BCUT2D eigenvalue weighted by Crippen LogP contribution is 2.41. The lowest BCUT2D eigenvalue weighted by Gasteiger charge is -2.18. The van der Waals surface area contributed by atoms with Gasteiger partial charge in [-0.2, -0.15) is 13.2 Å². The fraction of sp³-hybridized carbons (Fsp3) is 0.400. The minimum Gasteiger partial charge on any atom is -0.493 e. The van der Waals surface area contributed by atoms with Crippen molar-refractivity contribution in [3.05, 3.63) is 23.8 Å². The second kappa shape index (κ2) is 4.61. The largest absolute Gasteiger partial charge is 0.493 e. The number of hydrogen-bond donors (Lipinski definition) is 1. The van der Waals surface area contributed by atoms with Crippen molar-refractivity contribution < 1.29 is 27.8 Å². The minimum atomic E-state index is -4.74. The summed E-state index contributed by atoms with van der Waals surface area (Å²) in [6.45, 7) is 0. The van der Waals surface area contributed by atoms with Crippen molar-refractivity contribution in [2.75, 3.05) is 14.2 Å². The van der Waals surface area contributed by atoms with E-state index in [1.807, 2.05) is 0 Å². The molecule has 0 spiro atoms. The average molecular weight is 236 g/mol. The molecule has 1 atom stereocenters. The molecule has 0 saturated heterocycles. The van der Waals surface area contributed by atoms with E-state index < -0.39 is 12.3 Å². The van der Waals surface area contributed by atoms with Crippen molar-refractivity contribution in [1.82, 2.24) is 0 Å². The molecule has 1 aromatic rings. The Hall–Kier alpha value is -1.43. The van der Waals surface area contributed by atoms with Gasteiger partial charge in [0.15, 0.2) is 17.6 Å². The molecule has 90 valence electrons. The fourth-order valence-corrected chi connectivity index (χ4v) is 1.30. The number of ether oxygens (including phenoxy) is 2. The van der Waals surface area contributed by atoms with Crippen LogP contribution in [0, 0.1) is 0 Å². The molecular weight excluding hydrogens is 225 g/mol. The summed E-state index contributed by atoms with van der Waals surface area (Å²) in [6, 6.07) is 3.94. The second-order valence-electron chi connectivity index (χ2n) is 3.03. The van der Waals surface area contributed by atoms with Crippen LogP contribution in [0.1, 0.15) is 11.7 Å².